The zero-order valence-electron chi connectivity index (χ0n) is 9.34. The lowest BCUT2D eigenvalue weighted by Gasteiger charge is -2.46. The third-order valence-electron chi connectivity index (χ3n) is 4.52. The molecule has 4 aliphatic heterocycles. The molecule has 84 valence electrons. The highest BCUT2D eigenvalue weighted by atomic mass is 15.4. The normalized spacial score (nSPS) is 44.6. The van der Waals surface area contributed by atoms with Gasteiger partial charge in [-0.2, -0.15) is 5.10 Å². The summed E-state index contributed by atoms with van der Waals surface area (Å²) in [6, 6.07) is 1.05. The maximum Gasteiger partial charge on any atom is 0.0747 e. The van der Waals surface area contributed by atoms with Gasteiger partial charge in [0.1, 0.15) is 0 Å². The van der Waals surface area contributed by atoms with E-state index in [0.717, 1.165) is 5.92 Å². The Morgan fingerprint density at radius 1 is 1.19 bits per heavy atom. The van der Waals surface area contributed by atoms with E-state index in [2.05, 4.69) is 39.7 Å². The topological polar surface area (TPSA) is 27.6 Å². The predicted octanol–water partition coefficient (Wildman–Crippen LogP) is 1.15. The Morgan fingerprint density at radius 3 is 2.69 bits per heavy atom. The molecule has 1 aliphatic carbocycles. The third kappa shape index (κ3) is 1.09. The number of nitrogens with zero attached hydrogens (tertiary/aromatic N) is 2. The Bertz CT molecular complexity index is 376. The molecule has 0 radical (unpaired) electrons. The van der Waals surface area contributed by atoms with E-state index in [9.17, 15) is 0 Å². The molecule has 3 fully saturated rings. The SMILES string of the molecule is C1=CC(C2NN=C3C4CCN(CC4)C32)C=C1. The second-order valence-corrected chi connectivity index (χ2v) is 5.29. The summed E-state index contributed by atoms with van der Waals surface area (Å²) >= 11 is 0. The van der Waals surface area contributed by atoms with Crippen molar-refractivity contribution in [1.82, 2.24) is 10.3 Å². The highest BCUT2D eigenvalue weighted by molar-refractivity contribution is 5.95. The fourth-order valence-electron chi connectivity index (χ4n) is 3.68. The molecule has 1 N–H and O–H groups in total. The first-order valence-corrected chi connectivity index (χ1v) is 6.35. The first-order valence-electron chi connectivity index (χ1n) is 6.35. The molecule has 3 nitrogen and oxygen atoms in total. The van der Waals surface area contributed by atoms with Crippen LogP contribution in [-0.2, 0) is 0 Å². The lowest BCUT2D eigenvalue weighted by Crippen LogP contribution is -2.59. The van der Waals surface area contributed by atoms with Crippen molar-refractivity contribution >= 4 is 5.71 Å². The van der Waals surface area contributed by atoms with Gasteiger partial charge in [0.05, 0.1) is 17.8 Å². The van der Waals surface area contributed by atoms with Crippen molar-refractivity contribution in [3.63, 3.8) is 0 Å². The van der Waals surface area contributed by atoms with E-state index in [4.69, 9.17) is 0 Å². The van der Waals surface area contributed by atoms with Crippen LogP contribution in [0.25, 0.3) is 0 Å². The zero-order valence-corrected chi connectivity index (χ0v) is 9.34. The van der Waals surface area contributed by atoms with Crippen LogP contribution in [0.2, 0.25) is 0 Å². The number of hydrogen-bond acceptors (Lipinski definition) is 3. The maximum atomic E-state index is 4.62. The van der Waals surface area contributed by atoms with E-state index in [1.165, 1.54) is 31.6 Å². The minimum absolute atomic E-state index is 0.480. The van der Waals surface area contributed by atoms with Crippen molar-refractivity contribution in [2.45, 2.75) is 24.9 Å². The van der Waals surface area contributed by atoms with E-state index in [-0.39, 0.29) is 0 Å². The van der Waals surface area contributed by atoms with Gasteiger partial charge in [-0.25, -0.2) is 0 Å². The van der Waals surface area contributed by atoms with Gasteiger partial charge in [0.2, 0.25) is 0 Å². The zero-order chi connectivity index (χ0) is 10.5. The molecule has 0 aromatic rings. The summed E-state index contributed by atoms with van der Waals surface area (Å²) in [5.41, 5.74) is 4.83. The summed E-state index contributed by atoms with van der Waals surface area (Å²) in [4.78, 5) is 2.63. The molecule has 0 aromatic carbocycles. The van der Waals surface area contributed by atoms with Gasteiger partial charge in [0.25, 0.3) is 0 Å². The Kier molecular flexibility index (Phi) is 1.80. The van der Waals surface area contributed by atoms with Crippen molar-refractivity contribution in [2.75, 3.05) is 13.1 Å². The smallest absolute Gasteiger partial charge is 0.0747 e. The van der Waals surface area contributed by atoms with E-state index in [1.54, 1.807) is 0 Å². The Morgan fingerprint density at radius 2 is 1.94 bits per heavy atom. The summed E-state index contributed by atoms with van der Waals surface area (Å²) in [5, 5.41) is 4.62. The molecule has 2 unspecified atom stereocenters. The Labute approximate surface area is 95.9 Å². The minimum atomic E-state index is 0.480. The van der Waals surface area contributed by atoms with Gasteiger partial charge in [-0.1, -0.05) is 24.3 Å². The van der Waals surface area contributed by atoms with Crippen LogP contribution in [0.15, 0.2) is 29.4 Å². The molecule has 0 amide bonds. The van der Waals surface area contributed by atoms with Crippen LogP contribution in [0.3, 0.4) is 0 Å². The van der Waals surface area contributed by atoms with Gasteiger partial charge in [-0.3, -0.25) is 4.90 Å². The van der Waals surface area contributed by atoms with Crippen molar-refractivity contribution in [2.24, 2.45) is 16.9 Å². The lowest BCUT2D eigenvalue weighted by atomic mass is 9.77. The van der Waals surface area contributed by atoms with Crippen LogP contribution in [0.4, 0.5) is 0 Å². The predicted molar refractivity (Wildman–Crippen MR) is 64.2 cm³/mol. The van der Waals surface area contributed by atoms with Gasteiger partial charge in [-0.15, -0.1) is 0 Å². The summed E-state index contributed by atoms with van der Waals surface area (Å²) in [7, 11) is 0. The molecule has 2 atom stereocenters. The molecule has 3 saturated heterocycles. The number of fused-ring (bicyclic) bond motifs is 2. The molecule has 16 heavy (non-hydrogen) atoms. The summed E-state index contributed by atoms with van der Waals surface area (Å²) in [6.07, 6.45) is 11.5. The van der Waals surface area contributed by atoms with Crippen LogP contribution >= 0.6 is 0 Å². The molecular formula is C13H17N3. The molecule has 5 aliphatic rings. The van der Waals surface area contributed by atoms with E-state index < -0.39 is 0 Å². The van der Waals surface area contributed by atoms with Crippen LogP contribution < -0.4 is 5.43 Å². The van der Waals surface area contributed by atoms with Crippen molar-refractivity contribution in [1.29, 1.82) is 0 Å². The van der Waals surface area contributed by atoms with Crippen LogP contribution in [0, 0.1) is 11.8 Å². The van der Waals surface area contributed by atoms with Gasteiger partial charge >= 0.3 is 0 Å². The average molecular weight is 215 g/mol. The van der Waals surface area contributed by atoms with Crippen molar-refractivity contribution in [3.05, 3.63) is 24.3 Å². The molecule has 4 heterocycles. The van der Waals surface area contributed by atoms with Crippen LogP contribution in [0.1, 0.15) is 12.8 Å². The number of allylic oxidation sites excluding steroid dienone is 2. The first-order chi connectivity index (χ1) is 7.93. The van der Waals surface area contributed by atoms with Crippen molar-refractivity contribution < 1.29 is 0 Å². The molecule has 0 aromatic heterocycles. The molecule has 3 heteroatoms. The fraction of sp³-hybridized carbons (Fsp3) is 0.615. The number of hydrogen-bond donors (Lipinski definition) is 1. The molecular weight excluding hydrogens is 198 g/mol. The Balaban J connectivity index is 1.65. The number of hydrazone groups is 1. The number of piperidine rings is 3. The van der Waals surface area contributed by atoms with Crippen molar-refractivity contribution in [3.8, 4) is 0 Å². The van der Waals surface area contributed by atoms with Gasteiger partial charge < -0.3 is 5.43 Å². The fourth-order valence-corrected chi connectivity index (χ4v) is 3.68. The highest BCUT2D eigenvalue weighted by Crippen LogP contribution is 2.36. The maximum absolute atomic E-state index is 4.62. The number of rotatable bonds is 1. The van der Waals surface area contributed by atoms with Crippen LogP contribution in [-0.4, -0.2) is 35.8 Å². The molecule has 0 saturated carbocycles. The number of nitrogens with one attached hydrogen (secondary N) is 1. The highest BCUT2D eigenvalue weighted by Gasteiger charge is 2.47. The minimum Gasteiger partial charge on any atom is -0.304 e. The largest absolute Gasteiger partial charge is 0.304 e. The van der Waals surface area contributed by atoms with Gasteiger partial charge in [0, 0.05) is 11.8 Å². The van der Waals surface area contributed by atoms with Crippen LogP contribution in [0.5, 0.6) is 0 Å². The van der Waals surface area contributed by atoms with E-state index >= 15 is 0 Å². The summed E-state index contributed by atoms with van der Waals surface area (Å²) < 4.78 is 0. The molecule has 2 bridgehead atoms. The summed E-state index contributed by atoms with van der Waals surface area (Å²) in [5.74, 6) is 1.30. The third-order valence-corrected chi connectivity index (χ3v) is 4.52. The summed E-state index contributed by atoms with van der Waals surface area (Å²) in [6.45, 7) is 2.54. The standard InChI is InChI=1S/C13H17N3/c1-2-4-9(3-1)11-13-12(15-14-11)10-5-7-16(13)8-6-10/h1-4,9-11,13-14H,5-8H2. The second kappa shape index (κ2) is 3.20. The quantitative estimate of drug-likeness (QED) is 0.710. The monoisotopic (exact) mass is 215 g/mol. The molecule has 0 spiro atoms. The first kappa shape index (κ1) is 8.99. The van der Waals surface area contributed by atoms with E-state index in [1.807, 2.05) is 0 Å². The van der Waals surface area contributed by atoms with Gasteiger partial charge in [0.15, 0.2) is 0 Å². The lowest BCUT2D eigenvalue weighted by molar-refractivity contribution is 0.128. The Hall–Kier alpha value is -1.09. The molecule has 5 rings (SSSR count). The average Bonchev–Trinajstić information content (AvgIpc) is 3.00. The second-order valence-electron chi connectivity index (χ2n) is 5.29. The van der Waals surface area contributed by atoms with E-state index in [0.29, 0.717) is 18.0 Å². The van der Waals surface area contributed by atoms with Gasteiger partial charge in [-0.05, 0) is 25.9 Å².